The van der Waals surface area contributed by atoms with Crippen LogP contribution in [0.5, 0.6) is 0 Å². The molecule has 0 unspecified atom stereocenters. The molecule has 0 aliphatic carbocycles. The molecule has 0 spiro atoms. The third-order valence-electron chi connectivity index (χ3n) is 2.59. The Morgan fingerprint density at radius 2 is 1.88 bits per heavy atom. The molecule has 0 saturated carbocycles. The van der Waals surface area contributed by atoms with Crippen molar-refractivity contribution in [3.05, 3.63) is 34.3 Å². The summed E-state index contributed by atoms with van der Waals surface area (Å²) in [5, 5.41) is 0. The van der Waals surface area contributed by atoms with Gasteiger partial charge in [0.1, 0.15) is 0 Å². The van der Waals surface area contributed by atoms with Crippen LogP contribution < -0.4 is 0 Å². The molecule has 0 fully saturated rings. The van der Waals surface area contributed by atoms with Gasteiger partial charge in [0.05, 0.1) is 5.41 Å². The van der Waals surface area contributed by atoms with E-state index >= 15 is 0 Å². The van der Waals surface area contributed by atoms with Gasteiger partial charge >= 0.3 is 0 Å². The topological polar surface area (TPSA) is 20.3 Å². The summed E-state index contributed by atoms with van der Waals surface area (Å²) in [5.74, 6) is 0.395. The highest BCUT2D eigenvalue weighted by molar-refractivity contribution is 9.10. The fraction of sp³-hybridized carbons (Fsp3) is 0.462. The number of alkyl halides is 1. The maximum atomic E-state index is 12.1. The molecular formula is C13H17BrClNO. The van der Waals surface area contributed by atoms with Gasteiger partial charge in [-0.25, -0.2) is 0 Å². The molecule has 0 radical (unpaired) electrons. The van der Waals surface area contributed by atoms with Crippen LogP contribution in [0.15, 0.2) is 28.7 Å². The molecule has 0 atom stereocenters. The average Bonchev–Trinajstić information content (AvgIpc) is 2.31. The van der Waals surface area contributed by atoms with Gasteiger partial charge in [-0.3, -0.25) is 4.79 Å². The molecule has 0 bridgehead atoms. The number of hydrogen-bond acceptors (Lipinski definition) is 1. The molecule has 17 heavy (non-hydrogen) atoms. The van der Waals surface area contributed by atoms with E-state index in [1.807, 2.05) is 38.1 Å². The fourth-order valence-corrected chi connectivity index (χ4v) is 1.89. The predicted octanol–water partition coefficient (Wildman–Crippen LogP) is 3.67. The number of carbonyl (C=O) groups excluding carboxylic acids is 1. The van der Waals surface area contributed by atoms with Crippen LogP contribution in [0.3, 0.4) is 0 Å². The summed E-state index contributed by atoms with van der Waals surface area (Å²) in [6, 6.07) is 7.95. The van der Waals surface area contributed by atoms with Gasteiger partial charge in [-0.15, -0.1) is 11.6 Å². The van der Waals surface area contributed by atoms with E-state index in [2.05, 4.69) is 15.9 Å². The fourth-order valence-electron chi connectivity index (χ4n) is 1.51. The van der Waals surface area contributed by atoms with Gasteiger partial charge in [-0.1, -0.05) is 28.1 Å². The van der Waals surface area contributed by atoms with Gasteiger partial charge in [0, 0.05) is 23.9 Å². The van der Waals surface area contributed by atoms with Crippen molar-refractivity contribution < 1.29 is 4.79 Å². The SMILES string of the molecule is CN(Cc1ccc(Br)cc1)C(=O)C(C)(C)CCl. The molecule has 0 saturated heterocycles. The number of hydrogen-bond donors (Lipinski definition) is 0. The molecule has 0 N–H and O–H groups in total. The Morgan fingerprint density at radius 3 is 2.35 bits per heavy atom. The van der Waals surface area contributed by atoms with E-state index in [0.717, 1.165) is 10.0 Å². The first-order chi connectivity index (χ1) is 7.86. The zero-order chi connectivity index (χ0) is 13.1. The molecule has 1 aromatic carbocycles. The van der Waals surface area contributed by atoms with Gasteiger partial charge in [-0.2, -0.15) is 0 Å². The van der Waals surface area contributed by atoms with E-state index in [1.165, 1.54) is 0 Å². The average molecular weight is 319 g/mol. The van der Waals surface area contributed by atoms with Crippen molar-refractivity contribution in [1.29, 1.82) is 0 Å². The molecule has 0 aliphatic rings. The van der Waals surface area contributed by atoms with E-state index in [9.17, 15) is 4.79 Å². The Labute approximate surface area is 116 Å². The molecule has 1 amide bonds. The predicted molar refractivity (Wildman–Crippen MR) is 75.1 cm³/mol. The second-order valence-corrected chi connectivity index (χ2v) is 5.99. The minimum absolute atomic E-state index is 0.0652. The van der Waals surface area contributed by atoms with E-state index in [0.29, 0.717) is 12.4 Å². The Kier molecular flexibility index (Phi) is 5.02. The van der Waals surface area contributed by atoms with Crippen molar-refractivity contribution in [2.24, 2.45) is 5.41 Å². The lowest BCUT2D eigenvalue weighted by atomic mass is 9.94. The van der Waals surface area contributed by atoms with Crippen molar-refractivity contribution in [2.75, 3.05) is 12.9 Å². The second kappa shape index (κ2) is 5.87. The van der Waals surface area contributed by atoms with E-state index in [1.54, 1.807) is 11.9 Å². The lowest BCUT2D eigenvalue weighted by Gasteiger charge is -2.27. The minimum Gasteiger partial charge on any atom is -0.341 e. The first-order valence-corrected chi connectivity index (χ1v) is 6.75. The van der Waals surface area contributed by atoms with Crippen molar-refractivity contribution in [3.63, 3.8) is 0 Å². The monoisotopic (exact) mass is 317 g/mol. The molecular weight excluding hydrogens is 302 g/mol. The third-order valence-corrected chi connectivity index (χ3v) is 3.79. The molecule has 0 aromatic heterocycles. The quantitative estimate of drug-likeness (QED) is 0.776. The van der Waals surface area contributed by atoms with Gasteiger partial charge in [0.15, 0.2) is 0 Å². The Balaban J connectivity index is 2.69. The van der Waals surface area contributed by atoms with E-state index in [4.69, 9.17) is 11.6 Å². The number of nitrogens with zero attached hydrogens (tertiary/aromatic N) is 1. The van der Waals surface area contributed by atoms with E-state index in [-0.39, 0.29) is 5.91 Å². The molecule has 0 heterocycles. The van der Waals surface area contributed by atoms with Crippen LogP contribution in [0.4, 0.5) is 0 Å². The first kappa shape index (κ1) is 14.5. The van der Waals surface area contributed by atoms with Gasteiger partial charge < -0.3 is 4.90 Å². The van der Waals surface area contributed by atoms with Crippen molar-refractivity contribution in [2.45, 2.75) is 20.4 Å². The highest BCUT2D eigenvalue weighted by Gasteiger charge is 2.29. The van der Waals surface area contributed by atoms with E-state index < -0.39 is 5.41 Å². The number of amides is 1. The van der Waals surface area contributed by atoms with Crippen LogP contribution in [0.2, 0.25) is 0 Å². The number of carbonyl (C=O) groups is 1. The first-order valence-electron chi connectivity index (χ1n) is 5.43. The molecule has 0 aliphatic heterocycles. The smallest absolute Gasteiger partial charge is 0.229 e. The maximum absolute atomic E-state index is 12.1. The molecule has 94 valence electrons. The normalized spacial score (nSPS) is 11.4. The minimum atomic E-state index is -0.508. The maximum Gasteiger partial charge on any atom is 0.229 e. The van der Waals surface area contributed by atoms with Crippen molar-refractivity contribution in [1.82, 2.24) is 4.90 Å². The van der Waals surface area contributed by atoms with Crippen LogP contribution >= 0.6 is 27.5 Å². The summed E-state index contributed by atoms with van der Waals surface area (Å²) in [6.07, 6.45) is 0. The van der Waals surface area contributed by atoms with Crippen LogP contribution in [-0.4, -0.2) is 23.7 Å². The zero-order valence-corrected chi connectivity index (χ0v) is 12.7. The summed E-state index contributed by atoms with van der Waals surface area (Å²) in [7, 11) is 1.80. The summed E-state index contributed by atoms with van der Waals surface area (Å²) < 4.78 is 1.04. The lowest BCUT2D eigenvalue weighted by Crippen LogP contribution is -2.39. The Morgan fingerprint density at radius 1 is 1.35 bits per heavy atom. The van der Waals surface area contributed by atoms with Crippen LogP contribution in [0.1, 0.15) is 19.4 Å². The Hall–Kier alpha value is -0.540. The van der Waals surface area contributed by atoms with Crippen LogP contribution in [-0.2, 0) is 11.3 Å². The highest BCUT2D eigenvalue weighted by atomic mass is 79.9. The molecule has 4 heteroatoms. The Bertz CT molecular complexity index is 389. The van der Waals surface area contributed by atoms with Gasteiger partial charge in [0.25, 0.3) is 0 Å². The highest BCUT2D eigenvalue weighted by Crippen LogP contribution is 2.21. The third kappa shape index (κ3) is 4.00. The molecule has 1 rings (SSSR count). The van der Waals surface area contributed by atoms with Crippen molar-refractivity contribution >= 4 is 33.4 Å². The summed E-state index contributed by atoms with van der Waals surface area (Å²) >= 11 is 9.19. The lowest BCUT2D eigenvalue weighted by molar-refractivity contribution is -0.138. The van der Waals surface area contributed by atoms with Gasteiger partial charge in [-0.05, 0) is 31.5 Å². The molecule has 2 nitrogen and oxygen atoms in total. The van der Waals surface area contributed by atoms with Crippen LogP contribution in [0, 0.1) is 5.41 Å². The second-order valence-electron chi connectivity index (χ2n) is 4.81. The summed E-state index contributed by atoms with van der Waals surface area (Å²) in [5.41, 5.74) is 0.598. The summed E-state index contributed by atoms with van der Waals surface area (Å²) in [4.78, 5) is 13.8. The molecule has 1 aromatic rings. The van der Waals surface area contributed by atoms with Crippen molar-refractivity contribution in [3.8, 4) is 0 Å². The standard InChI is InChI=1S/C13H17BrClNO/c1-13(2,9-15)12(17)16(3)8-10-4-6-11(14)7-5-10/h4-7H,8-9H2,1-3H3. The largest absolute Gasteiger partial charge is 0.341 e. The number of rotatable bonds is 4. The number of halogens is 2. The number of benzene rings is 1. The van der Waals surface area contributed by atoms with Crippen LogP contribution in [0.25, 0.3) is 0 Å². The van der Waals surface area contributed by atoms with Gasteiger partial charge in [0.2, 0.25) is 5.91 Å². The zero-order valence-electron chi connectivity index (χ0n) is 10.3. The summed E-state index contributed by atoms with van der Waals surface area (Å²) in [6.45, 7) is 4.33.